The molecule has 1 aromatic heterocycles. The molecule has 0 radical (unpaired) electrons. The van der Waals surface area contributed by atoms with E-state index in [0.29, 0.717) is 26.8 Å². The summed E-state index contributed by atoms with van der Waals surface area (Å²) in [5.74, 6) is -1.01. The van der Waals surface area contributed by atoms with E-state index >= 15 is 0 Å². The van der Waals surface area contributed by atoms with Crippen LogP contribution in [0.5, 0.6) is 0 Å². The number of carbonyl (C=O) groups is 3. The van der Waals surface area contributed by atoms with E-state index in [-0.39, 0.29) is 4.91 Å². The van der Waals surface area contributed by atoms with Crippen molar-refractivity contribution in [2.45, 2.75) is 6.54 Å². The average molecular weight is 615 g/mol. The van der Waals surface area contributed by atoms with Crippen LogP contribution in [-0.4, -0.2) is 33.1 Å². The van der Waals surface area contributed by atoms with Crippen LogP contribution in [0.1, 0.15) is 11.1 Å². The molecule has 1 aliphatic heterocycles. The number of anilines is 1. The van der Waals surface area contributed by atoms with Crippen LogP contribution in [-0.2, 0) is 16.1 Å². The molecule has 186 valence electrons. The zero-order valence-corrected chi connectivity index (χ0v) is 23.0. The summed E-state index contributed by atoms with van der Waals surface area (Å²) in [7, 11) is 0. The molecule has 0 spiro atoms. The van der Waals surface area contributed by atoms with Crippen LogP contribution in [0.4, 0.5) is 10.5 Å². The van der Waals surface area contributed by atoms with Gasteiger partial charge in [0.25, 0.3) is 11.1 Å². The van der Waals surface area contributed by atoms with Gasteiger partial charge < -0.3 is 9.88 Å². The molecule has 0 saturated carbocycles. The van der Waals surface area contributed by atoms with Crippen LogP contribution < -0.4 is 5.32 Å². The molecule has 3 aromatic carbocycles. The summed E-state index contributed by atoms with van der Waals surface area (Å²) in [6.07, 6.45) is 3.63. The Morgan fingerprint density at radius 1 is 1.00 bits per heavy atom. The summed E-state index contributed by atoms with van der Waals surface area (Å²) in [5, 5.41) is 4.20. The third-order valence-electron chi connectivity index (χ3n) is 5.78. The quantitative estimate of drug-likeness (QED) is 0.229. The van der Waals surface area contributed by atoms with E-state index in [4.69, 9.17) is 23.2 Å². The Bertz CT molecular complexity index is 1600. The monoisotopic (exact) mass is 613 g/mol. The van der Waals surface area contributed by atoms with E-state index in [1.165, 1.54) is 0 Å². The largest absolute Gasteiger partial charge is 0.342 e. The van der Waals surface area contributed by atoms with Gasteiger partial charge in [0.15, 0.2) is 0 Å². The van der Waals surface area contributed by atoms with Crippen molar-refractivity contribution >= 4 is 90.6 Å². The van der Waals surface area contributed by atoms with Gasteiger partial charge >= 0.3 is 0 Å². The second-order valence-electron chi connectivity index (χ2n) is 8.27. The molecule has 5 rings (SSSR count). The number of benzene rings is 3. The van der Waals surface area contributed by atoms with Gasteiger partial charge in [-0.2, -0.15) is 0 Å². The van der Waals surface area contributed by atoms with Crippen molar-refractivity contribution in [3.05, 3.63) is 103 Å². The third-order valence-corrected chi connectivity index (χ3v) is 8.29. The van der Waals surface area contributed by atoms with E-state index < -0.39 is 23.6 Å². The fourth-order valence-electron chi connectivity index (χ4n) is 4.03. The van der Waals surface area contributed by atoms with Crippen LogP contribution in [0.3, 0.4) is 0 Å². The first-order valence-corrected chi connectivity index (χ1v) is 13.5. The Morgan fingerprint density at radius 3 is 2.54 bits per heavy atom. The maximum atomic E-state index is 13.1. The van der Waals surface area contributed by atoms with Gasteiger partial charge in [0.05, 0.1) is 9.93 Å². The molecule has 37 heavy (non-hydrogen) atoms. The normalized spacial score (nSPS) is 14.7. The number of thioether (sulfide) groups is 1. The van der Waals surface area contributed by atoms with Crippen molar-refractivity contribution in [3.63, 3.8) is 0 Å². The number of halogens is 3. The van der Waals surface area contributed by atoms with Crippen molar-refractivity contribution < 1.29 is 14.4 Å². The minimum Gasteiger partial charge on any atom is -0.342 e. The van der Waals surface area contributed by atoms with Gasteiger partial charge in [-0.05, 0) is 69.7 Å². The molecular formula is C27H18BrCl2N3O3S. The summed E-state index contributed by atoms with van der Waals surface area (Å²) in [6.45, 7) is 0.152. The van der Waals surface area contributed by atoms with Crippen LogP contribution >= 0.6 is 50.9 Å². The molecule has 3 amide bonds. The molecule has 1 fully saturated rings. The molecular weight excluding hydrogens is 597 g/mol. The second-order valence-corrected chi connectivity index (χ2v) is 10.9. The number of hydrogen-bond acceptors (Lipinski definition) is 4. The molecule has 1 saturated heterocycles. The highest BCUT2D eigenvalue weighted by Gasteiger charge is 2.36. The fourth-order valence-corrected chi connectivity index (χ4v) is 5.48. The van der Waals surface area contributed by atoms with Gasteiger partial charge in [-0.1, -0.05) is 59.6 Å². The summed E-state index contributed by atoms with van der Waals surface area (Å²) >= 11 is 16.5. The van der Waals surface area contributed by atoms with Crippen LogP contribution in [0.2, 0.25) is 10.0 Å². The predicted octanol–water partition coefficient (Wildman–Crippen LogP) is 7.43. The van der Waals surface area contributed by atoms with Crippen LogP contribution in [0.15, 0.2) is 82.3 Å². The first-order chi connectivity index (χ1) is 17.8. The molecule has 1 N–H and O–H groups in total. The Labute approximate surface area is 235 Å². The lowest BCUT2D eigenvalue weighted by Gasteiger charge is -2.12. The van der Waals surface area contributed by atoms with Gasteiger partial charge in [-0.25, -0.2) is 0 Å². The lowest BCUT2D eigenvalue weighted by Crippen LogP contribution is -2.36. The number of hydrogen-bond donors (Lipinski definition) is 1. The summed E-state index contributed by atoms with van der Waals surface area (Å²) in [4.78, 5) is 39.4. The first-order valence-electron chi connectivity index (χ1n) is 11.1. The number of amides is 3. The molecule has 0 aliphatic carbocycles. The number of carbonyl (C=O) groups excluding carboxylic acids is 3. The molecule has 4 aromatic rings. The number of fused-ring (bicyclic) bond motifs is 1. The fraction of sp³-hybridized carbons (Fsp3) is 0.0741. The van der Waals surface area contributed by atoms with Gasteiger partial charge in [0, 0.05) is 44.4 Å². The smallest absolute Gasteiger partial charge is 0.294 e. The highest BCUT2D eigenvalue weighted by molar-refractivity contribution is 9.10. The van der Waals surface area contributed by atoms with Gasteiger partial charge in [0.2, 0.25) is 5.91 Å². The van der Waals surface area contributed by atoms with Crippen molar-refractivity contribution in [2.24, 2.45) is 0 Å². The molecule has 1 aliphatic rings. The molecule has 10 heteroatoms. The van der Waals surface area contributed by atoms with Crippen molar-refractivity contribution in [2.75, 3.05) is 11.9 Å². The summed E-state index contributed by atoms with van der Waals surface area (Å²) < 4.78 is 2.75. The summed E-state index contributed by atoms with van der Waals surface area (Å²) in [6, 6.07) is 20.4. The minimum atomic E-state index is -0.512. The van der Waals surface area contributed by atoms with E-state index in [0.717, 1.165) is 38.7 Å². The molecule has 0 bridgehead atoms. The van der Waals surface area contributed by atoms with Crippen molar-refractivity contribution in [3.8, 4) is 0 Å². The maximum Gasteiger partial charge on any atom is 0.294 e. The molecule has 2 heterocycles. The molecule has 0 atom stereocenters. The topological polar surface area (TPSA) is 71.4 Å². The minimum absolute atomic E-state index is 0.255. The standard InChI is InChI=1S/C27H18BrCl2N3O3S/c28-20-10-9-18(12-22(20)30)31-25(34)15-33-26(35)24(37-27(33)36)11-17-14-32(23-8-4-2-6-19(17)23)13-16-5-1-3-7-21(16)29/h1-12,14H,13,15H2,(H,31,34)/b24-11+. The number of nitrogens with one attached hydrogen (secondary N) is 1. The van der Waals surface area contributed by atoms with Crippen LogP contribution in [0.25, 0.3) is 17.0 Å². The predicted molar refractivity (Wildman–Crippen MR) is 153 cm³/mol. The van der Waals surface area contributed by atoms with Crippen LogP contribution in [0, 0.1) is 0 Å². The highest BCUT2D eigenvalue weighted by Crippen LogP contribution is 2.34. The van der Waals surface area contributed by atoms with E-state index in [1.807, 2.05) is 54.7 Å². The summed E-state index contributed by atoms with van der Waals surface area (Å²) in [5.41, 5.74) is 3.20. The number of aromatic nitrogens is 1. The Balaban J connectivity index is 1.37. The van der Waals surface area contributed by atoms with E-state index in [2.05, 4.69) is 25.8 Å². The number of rotatable bonds is 6. The van der Waals surface area contributed by atoms with Gasteiger partial charge in [0.1, 0.15) is 6.54 Å². The zero-order valence-electron chi connectivity index (χ0n) is 19.1. The lowest BCUT2D eigenvalue weighted by atomic mass is 10.1. The SMILES string of the molecule is O=C(CN1C(=O)S/C(=C/c2cn(Cc3ccccc3Cl)c3ccccc23)C1=O)Nc1ccc(Br)c(Cl)c1. The Kier molecular flexibility index (Phi) is 7.44. The third kappa shape index (κ3) is 5.48. The second kappa shape index (κ2) is 10.8. The number of nitrogens with zero attached hydrogens (tertiary/aromatic N) is 2. The van der Waals surface area contributed by atoms with Gasteiger partial charge in [-0.3, -0.25) is 19.3 Å². The molecule has 0 unspecified atom stereocenters. The molecule has 6 nitrogen and oxygen atoms in total. The van der Waals surface area contributed by atoms with Gasteiger partial charge in [-0.15, -0.1) is 0 Å². The zero-order chi connectivity index (χ0) is 26.1. The van der Waals surface area contributed by atoms with Crippen molar-refractivity contribution in [1.82, 2.24) is 9.47 Å². The lowest BCUT2D eigenvalue weighted by molar-refractivity contribution is -0.127. The van der Waals surface area contributed by atoms with E-state index in [1.54, 1.807) is 24.3 Å². The highest BCUT2D eigenvalue weighted by atomic mass is 79.9. The Morgan fingerprint density at radius 2 is 1.76 bits per heavy atom. The number of imide groups is 1. The van der Waals surface area contributed by atoms with E-state index in [9.17, 15) is 14.4 Å². The Hall–Kier alpha value is -3.04. The average Bonchev–Trinajstić information content (AvgIpc) is 3.35. The van der Waals surface area contributed by atoms with Crippen molar-refractivity contribution in [1.29, 1.82) is 0 Å². The maximum absolute atomic E-state index is 13.1. The number of para-hydroxylation sites is 1. The first kappa shape index (κ1) is 25.6.